The molecule has 0 atom stereocenters. The first-order valence-electron chi connectivity index (χ1n) is 7.32. The molecule has 0 aliphatic carbocycles. The Labute approximate surface area is 135 Å². The summed E-state index contributed by atoms with van der Waals surface area (Å²) in [6.45, 7) is 3.68. The Kier molecular flexibility index (Phi) is 4.71. The Morgan fingerprint density at radius 2 is 1.82 bits per heavy atom. The maximum atomic E-state index is 5.99. The van der Waals surface area contributed by atoms with Crippen molar-refractivity contribution in [3.05, 3.63) is 53.1 Å². The van der Waals surface area contributed by atoms with E-state index in [1.807, 2.05) is 42.5 Å². The van der Waals surface area contributed by atoms with Crippen LogP contribution < -0.4 is 15.4 Å². The molecule has 1 fully saturated rings. The highest BCUT2D eigenvalue weighted by molar-refractivity contribution is 6.30. The molecule has 1 aliphatic heterocycles. The molecule has 1 heterocycles. The lowest BCUT2D eigenvalue weighted by atomic mass is 10.2. The van der Waals surface area contributed by atoms with Gasteiger partial charge in [0.15, 0.2) is 0 Å². The molecule has 5 heteroatoms. The molecule has 1 aliphatic rings. The number of anilines is 2. The van der Waals surface area contributed by atoms with E-state index in [-0.39, 0.29) is 0 Å². The van der Waals surface area contributed by atoms with Crippen LogP contribution in [0.5, 0.6) is 5.75 Å². The van der Waals surface area contributed by atoms with Crippen molar-refractivity contribution in [2.45, 2.75) is 6.61 Å². The molecule has 0 saturated carbocycles. The molecular formula is C17H19ClN2O2. The van der Waals surface area contributed by atoms with E-state index in [0.717, 1.165) is 48.3 Å². The van der Waals surface area contributed by atoms with Crippen LogP contribution >= 0.6 is 11.6 Å². The average Bonchev–Trinajstić information content (AvgIpc) is 2.55. The molecule has 0 amide bonds. The van der Waals surface area contributed by atoms with Gasteiger partial charge in [-0.2, -0.15) is 0 Å². The molecule has 0 radical (unpaired) electrons. The minimum absolute atomic E-state index is 0.484. The third-order valence-electron chi connectivity index (χ3n) is 3.64. The van der Waals surface area contributed by atoms with Crippen molar-refractivity contribution >= 4 is 23.0 Å². The summed E-state index contributed by atoms with van der Waals surface area (Å²) in [5.74, 6) is 0.803. The zero-order chi connectivity index (χ0) is 15.4. The topological polar surface area (TPSA) is 47.7 Å². The number of nitrogens with zero attached hydrogens (tertiary/aromatic N) is 1. The molecular weight excluding hydrogens is 300 g/mol. The van der Waals surface area contributed by atoms with E-state index in [1.54, 1.807) is 0 Å². The largest absolute Gasteiger partial charge is 0.487 e. The number of nitrogens with two attached hydrogens (primary N) is 1. The number of halogens is 1. The van der Waals surface area contributed by atoms with Crippen LogP contribution in [-0.2, 0) is 11.3 Å². The summed E-state index contributed by atoms with van der Waals surface area (Å²) in [4.78, 5) is 2.26. The van der Waals surface area contributed by atoms with Crippen LogP contribution in [0, 0.1) is 0 Å². The van der Waals surface area contributed by atoms with Crippen LogP contribution in [0.25, 0.3) is 0 Å². The number of ether oxygens (including phenoxy) is 2. The van der Waals surface area contributed by atoms with Gasteiger partial charge in [-0.1, -0.05) is 23.7 Å². The maximum absolute atomic E-state index is 5.99. The lowest BCUT2D eigenvalue weighted by Gasteiger charge is -2.30. The molecule has 2 aromatic carbocycles. The standard InChI is InChI=1S/C17H19ClN2O2/c18-14-3-1-13(2-4-14)12-22-17-11-15(19)5-6-16(17)20-7-9-21-10-8-20/h1-6,11H,7-10,12,19H2. The van der Waals surface area contributed by atoms with Crippen molar-refractivity contribution < 1.29 is 9.47 Å². The number of rotatable bonds is 4. The van der Waals surface area contributed by atoms with Crippen LogP contribution in [0.4, 0.5) is 11.4 Å². The van der Waals surface area contributed by atoms with Crippen LogP contribution in [0.2, 0.25) is 5.02 Å². The van der Waals surface area contributed by atoms with E-state index < -0.39 is 0 Å². The van der Waals surface area contributed by atoms with Gasteiger partial charge in [0, 0.05) is 29.9 Å². The van der Waals surface area contributed by atoms with Crippen molar-refractivity contribution in [3.63, 3.8) is 0 Å². The first kappa shape index (κ1) is 15.0. The molecule has 22 heavy (non-hydrogen) atoms. The van der Waals surface area contributed by atoms with Crippen LogP contribution in [0.3, 0.4) is 0 Å². The highest BCUT2D eigenvalue weighted by Gasteiger charge is 2.16. The lowest BCUT2D eigenvalue weighted by molar-refractivity contribution is 0.122. The zero-order valence-corrected chi connectivity index (χ0v) is 13.1. The van der Waals surface area contributed by atoms with E-state index in [1.165, 1.54) is 0 Å². The van der Waals surface area contributed by atoms with Gasteiger partial charge in [0.2, 0.25) is 0 Å². The SMILES string of the molecule is Nc1ccc(N2CCOCC2)c(OCc2ccc(Cl)cc2)c1. The average molecular weight is 319 g/mol. The second kappa shape index (κ2) is 6.90. The first-order valence-corrected chi connectivity index (χ1v) is 7.69. The molecule has 2 aromatic rings. The third-order valence-corrected chi connectivity index (χ3v) is 3.90. The van der Waals surface area contributed by atoms with Crippen molar-refractivity contribution in [1.82, 2.24) is 0 Å². The molecule has 0 spiro atoms. The summed E-state index contributed by atoms with van der Waals surface area (Å²) in [6, 6.07) is 13.4. The molecule has 0 unspecified atom stereocenters. The van der Waals surface area contributed by atoms with Crippen molar-refractivity contribution in [2.24, 2.45) is 0 Å². The lowest BCUT2D eigenvalue weighted by Crippen LogP contribution is -2.36. The fourth-order valence-corrected chi connectivity index (χ4v) is 2.58. The van der Waals surface area contributed by atoms with E-state index in [9.17, 15) is 0 Å². The summed E-state index contributed by atoms with van der Waals surface area (Å²) in [5, 5.41) is 0.724. The zero-order valence-electron chi connectivity index (χ0n) is 12.3. The van der Waals surface area contributed by atoms with Crippen LogP contribution in [0.1, 0.15) is 5.56 Å². The summed E-state index contributed by atoms with van der Waals surface area (Å²) in [5.41, 5.74) is 8.73. The quantitative estimate of drug-likeness (QED) is 0.878. The van der Waals surface area contributed by atoms with Crippen molar-refractivity contribution in [3.8, 4) is 5.75 Å². The number of nitrogen functional groups attached to an aromatic ring is 1. The summed E-state index contributed by atoms with van der Waals surface area (Å²) in [6.07, 6.45) is 0. The van der Waals surface area contributed by atoms with Crippen LogP contribution in [0.15, 0.2) is 42.5 Å². The molecule has 2 N–H and O–H groups in total. The van der Waals surface area contributed by atoms with Gasteiger partial charge in [-0.15, -0.1) is 0 Å². The molecule has 1 saturated heterocycles. The third kappa shape index (κ3) is 3.64. The fraction of sp³-hybridized carbons (Fsp3) is 0.294. The van der Waals surface area contributed by atoms with Gasteiger partial charge >= 0.3 is 0 Å². The highest BCUT2D eigenvalue weighted by Crippen LogP contribution is 2.31. The van der Waals surface area contributed by atoms with Crippen molar-refractivity contribution in [2.75, 3.05) is 36.9 Å². The Bertz CT molecular complexity index is 625. The van der Waals surface area contributed by atoms with Crippen molar-refractivity contribution in [1.29, 1.82) is 0 Å². The molecule has 4 nitrogen and oxygen atoms in total. The van der Waals surface area contributed by atoms with Gasteiger partial charge in [-0.05, 0) is 29.8 Å². The summed E-state index contributed by atoms with van der Waals surface area (Å²) in [7, 11) is 0. The number of hydrogen-bond donors (Lipinski definition) is 1. The highest BCUT2D eigenvalue weighted by atomic mass is 35.5. The Morgan fingerprint density at radius 3 is 2.55 bits per heavy atom. The van der Waals surface area contributed by atoms with Gasteiger partial charge in [0.05, 0.1) is 18.9 Å². The maximum Gasteiger partial charge on any atom is 0.145 e. The summed E-state index contributed by atoms with van der Waals surface area (Å²) >= 11 is 5.90. The predicted octanol–water partition coefficient (Wildman–Crippen LogP) is 3.34. The second-order valence-corrected chi connectivity index (χ2v) is 5.68. The van der Waals surface area contributed by atoms with E-state index >= 15 is 0 Å². The van der Waals surface area contributed by atoms with Gasteiger partial charge in [0.1, 0.15) is 12.4 Å². The number of hydrogen-bond acceptors (Lipinski definition) is 4. The minimum Gasteiger partial charge on any atom is -0.487 e. The van der Waals surface area contributed by atoms with E-state index in [2.05, 4.69) is 4.90 Å². The smallest absolute Gasteiger partial charge is 0.145 e. The van der Waals surface area contributed by atoms with Gasteiger partial charge < -0.3 is 20.1 Å². The minimum atomic E-state index is 0.484. The Hall–Kier alpha value is -1.91. The molecule has 3 rings (SSSR count). The molecule has 0 aromatic heterocycles. The van der Waals surface area contributed by atoms with Gasteiger partial charge in [-0.3, -0.25) is 0 Å². The number of benzene rings is 2. The predicted molar refractivity (Wildman–Crippen MR) is 89.7 cm³/mol. The summed E-state index contributed by atoms with van der Waals surface area (Å²) < 4.78 is 11.4. The van der Waals surface area contributed by atoms with Gasteiger partial charge in [0.25, 0.3) is 0 Å². The molecule has 0 bridgehead atoms. The van der Waals surface area contributed by atoms with E-state index in [4.69, 9.17) is 26.8 Å². The Morgan fingerprint density at radius 1 is 1.09 bits per heavy atom. The normalized spacial score (nSPS) is 14.9. The number of morpholine rings is 1. The molecule has 116 valence electrons. The monoisotopic (exact) mass is 318 g/mol. The second-order valence-electron chi connectivity index (χ2n) is 5.24. The van der Waals surface area contributed by atoms with E-state index in [0.29, 0.717) is 12.3 Å². The fourth-order valence-electron chi connectivity index (χ4n) is 2.45. The Balaban J connectivity index is 1.76. The van der Waals surface area contributed by atoms with Gasteiger partial charge in [-0.25, -0.2) is 0 Å². The van der Waals surface area contributed by atoms with Crippen LogP contribution in [-0.4, -0.2) is 26.3 Å². The first-order chi connectivity index (χ1) is 10.7.